The molecule has 1 N–H and O–H groups in total. The molecule has 1 aromatic heterocycles. The standard InChI is InChI=1S/C17H19F2N3O2/c1-10-7-15(17(24)21-6-5-12(9-21)11(2)23)20-22(10)16-4-3-13(18)8-14(16)19/h3-4,7-8,11-12,23H,5-6,9H2,1-2H3. The number of hydrogen-bond donors (Lipinski definition) is 1. The fraction of sp³-hybridized carbons (Fsp3) is 0.412. The molecule has 1 fully saturated rings. The van der Waals surface area contributed by atoms with E-state index >= 15 is 0 Å². The zero-order valence-corrected chi connectivity index (χ0v) is 13.5. The maximum atomic E-state index is 13.9. The Morgan fingerprint density at radius 3 is 2.75 bits per heavy atom. The van der Waals surface area contributed by atoms with Crippen molar-refractivity contribution in [3.05, 3.63) is 47.3 Å². The molecule has 0 saturated carbocycles. The van der Waals surface area contributed by atoms with Crippen molar-refractivity contribution < 1.29 is 18.7 Å². The molecule has 2 atom stereocenters. The highest BCUT2D eigenvalue weighted by Crippen LogP contribution is 2.22. The maximum Gasteiger partial charge on any atom is 0.274 e. The summed E-state index contributed by atoms with van der Waals surface area (Å²) in [5, 5.41) is 13.8. The van der Waals surface area contributed by atoms with Gasteiger partial charge in [0.05, 0.1) is 6.10 Å². The molecule has 7 heteroatoms. The van der Waals surface area contributed by atoms with Crippen LogP contribution in [0.3, 0.4) is 0 Å². The minimum Gasteiger partial charge on any atom is -0.393 e. The fourth-order valence-corrected chi connectivity index (χ4v) is 3.00. The number of carbonyl (C=O) groups is 1. The van der Waals surface area contributed by atoms with Crippen LogP contribution in [0.25, 0.3) is 5.69 Å². The molecule has 1 aromatic carbocycles. The van der Waals surface area contributed by atoms with Gasteiger partial charge >= 0.3 is 0 Å². The largest absolute Gasteiger partial charge is 0.393 e. The molecule has 24 heavy (non-hydrogen) atoms. The third kappa shape index (κ3) is 3.03. The number of carbonyl (C=O) groups excluding carboxylic acids is 1. The van der Waals surface area contributed by atoms with Crippen molar-refractivity contribution in [3.63, 3.8) is 0 Å². The summed E-state index contributed by atoms with van der Waals surface area (Å²) in [6.45, 7) is 4.46. The van der Waals surface area contributed by atoms with Crippen LogP contribution in [-0.4, -0.2) is 44.9 Å². The minimum absolute atomic E-state index is 0.0617. The molecule has 3 rings (SSSR count). The molecular weight excluding hydrogens is 316 g/mol. The Bertz CT molecular complexity index is 773. The smallest absolute Gasteiger partial charge is 0.274 e. The van der Waals surface area contributed by atoms with Gasteiger partial charge in [0.25, 0.3) is 5.91 Å². The summed E-state index contributed by atoms with van der Waals surface area (Å²) < 4.78 is 28.3. The summed E-state index contributed by atoms with van der Waals surface area (Å²) in [6, 6.07) is 4.81. The van der Waals surface area contributed by atoms with E-state index in [1.54, 1.807) is 24.8 Å². The number of nitrogens with zero attached hydrogens (tertiary/aromatic N) is 3. The molecule has 0 aliphatic carbocycles. The van der Waals surface area contributed by atoms with E-state index in [0.717, 1.165) is 18.6 Å². The molecule has 2 heterocycles. The Hall–Kier alpha value is -2.28. The lowest BCUT2D eigenvalue weighted by Crippen LogP contribution is -2.30. The van der Waals surface area contributed by atoms with E-state index in [-0.39, 0.29) is 23.2 Å². The van der Waals surface area contributed by atoms with E-state index in [1.807, 2.05) is 0 Å². The van der Waals surface area contributed by atoms with E-state index in [9.17, 15) is 18.7 Å². The lowest BCUT2D eigenvalue weighted by Gasteiger charge is -2.16. The Balaban J connectivity index is 1.85. The second kappa shape index (κ2) is 6.32. The van der Waals surface area contributed by atoms with Crippen LogP contribution < -0.4 is 0 Å². The van der Waals surface area contributed by atoms with Crippen molar-refractivity contribution >= 4 is 5.91 Å². The summed E-state index contributed by atoms with van der Waals surface area (Å²) in [5.74, 6) is -1.59. The quantitative estimate of drug-likeness (QED) is 0.936. The lowest BCUT2D eigenvalue weighted by atomic mass is 10.0. The SMILES string of the molecule is Cc1cc(C(=O)N2CCC(C(C)O)C2)nn1-c1ccc(F)cc1F. The lowest BCUT2D eigenvalue weighted by molar-refractivity contribution is 0.0756. The first-order valence-electron chi connectivity index (χ1n) is 7.86. The predicted molar refractivity (Wildman–Crippen MR) is 83.9 cm³/mol. The van der Waals surface area contributed by atoms with Gasteiger partial charge in [-0.15, -0.1) is 0 Å². The van der Waals surface area contributed by atoms with Gasteiger partial charge in [-0.05, 0) is 38.5 Å². The van der Waals surface area contributed by atoms with Crippen molar-refractivity contribution in [2.24, 2.45) is 5.92 Å². The number of aromatic nitrogens is 2. The Morgan fingerprint density at radius 1 is 1.38 bits per heavy atom. The predicted octanol–water partition coefficient (Wildman–Crippen LogP) is 2.30. The third-order valence-corrected chi connectivity index (χ3v) is 4.44. The Labute approximate surface area is 138 Å². The summed E-state index contributed by atoms with van der Waals surface area (Å²) in [6.07, 6.45) is 0.283. The highest BCUT2D eigenvalue weighted by molar-refractivity contribution is 5.92. The zero-order valence-electron chi connectivity index (χ0n) is 13.5. The highest BCUT2D eigenvalue weighted by Gasteiger charge is 2.31. The monoisotopic (exact) mass is 335 g/mol. The van der Waals surface area contributed by atoms with E-state index in [1.165, 1.54) is 10.7 Å². The zero-order chi connectivity index (χ0) is 17.4. The van der Waals surface area contributed by atoms with Crippen molar-refractivity contribution in [1.29, 1.82) is 0 Å². The van der Waals surface area contributed by atoms with Crippen molar-refractivity contribution in [2.75, 3.05) is 13.1 Å². The van der Waals surface area contributed by atoms with E-state index in [0.29, 0.717) is 18.8 Å². The van der Waals surface area contributed by atoms with Crippen LogP contribution in [0.5, 0.6) is 0 Å². The molecule has 1 aliphatic heterocycles. The number of amides is 1. The normalized spacial score (nSPS) is 18.9. The Kier molecular flexibility index (Phi) is 4.36. The van der Waals surface area contributed by atoms with Gasteiger partial charge in [0, 0.05) is 30.8 Å². The average molecular weight is 335 g/mol. The van der Waals surface area contributed by atoms with Gasteiger partial charge in [-0.1, -0.05) is 0 Å². The molecule has 0 bridgehead atoms. The van der Waals surface area contributed by atoms with Crippen molar-refractivity contribution in [3.8, 4) is 5.69 Å². The molecule has 1 amide bonds. The molecule has 2 unspecified atom stereocenters. The maximum absolute atomic E-state index is 13.9. The third-order valence-electron chi connectivity index (χ3n) is 4.44. The Morgan fingerprint density at radius 2 is 2.12 bits per heavy atom. The van der Waals surface area contributed by atoms with Crippen LogP contribution in [0.15, 0.2) is 24.3 Å². The van der Waals surface area contributed by atoms with Crippen LogP contribution in [0.1, 0.15) is 29.5 Å². The number of benzene rings is 1. The first-order chi connectivity index (χ1) is 11.4. The molecule has 128 valence electrons. The van der Waals surface area contributed by atoms with E-state index in [4.69, 9.17) is 0 Å². The molecule has 1 aliphatic rings. The topological polar surface area (TPSA) is 58.4 Å². The summed E-state index contributed by atoms with van der Waals surface area (Å²) in [4.78, 5) is 14.2. The van der Waals surface area contributed by atoms with E-state index < -0.39 is 17.7 Å². The van der Waals surface area contributed by atoms with Gasteiger partial charge in [0.1, 0.15) is 11.5 Å². The minimum atomic E-state index is -0.740. The van der Waals surface area contributed by atoms with Crippen LogP contribution in [0, 0.1) is 24.5 Å². The van der Waals surface area contributed by atoms with Gasteiger partial charge in [-0.3, -0.25) is 4.79 Å². The van der Waals surface area contributed by atoms with Crippen molar-refractivity contribution in [2.45, 2.75) is 26.4 Å². The highest BCUT2D eigenvalue weighted by atomic mass is 19.1. The number of aliphatic hydroxyl groups excluding tert-OH is 1. The number of likely N-dealkylation sites (tertiary alicyclic amines) is 1. The average Bonchev–Trinajstić information content (AvgIpc) is 3.14. The summed E-state index contributed by atoms with van der Waals surface area (Å²) in [5.41, 5.74) is 0.883. The van der Waals surface area contributed by atoms with Gasteiger partial charge in [0.2, 0.25) is 0 Å². The second-order valence-corrected chi connectivity index (χ2v) is 6.22. The van der Waals surface area contributed by atoms with Crippen LogP contribution >= 0.6 is 0 Å². The van der Waals surface area contributed by atoms with Crippen LogP contribution in [0.4, 0.5) is 8.78 Å². The van der Waals surface area contributed by atoms with Gasteiger partial charge in [-0.2, -0.15) is 5.10 Å². The van der Waals surface area contributed by atoms with Gasteiger partial charge in [-0.25, -0.2) is 13.5 Å². The summed E-state index contributed by atoms with van der Waals surface area (Å²) >= 11 is 0. The molecular formula is C17H19F2N3O2. The fourth-order valence-electron chi connectivity index (χ4n) is 3.00. The molecule has 5 nitrogen and oxygen atoms in total. The molecule has 0 spiro atoms. The van der Waals surface area contributed by atoms with Gasteiger partial charge in [0.15, 0.2) is 11.5 Å². The molecule has 0 radical (unpaired) electrons. The molecule has 2 aromatic rings. The van der Waals surface area contributed by atoms with Crippen LogP contribution in [0.2, 0.25) is 0 Å². The first kappa shape index (κ1) is 16.6. The molecule has 1 saturated heterocycles. The number of aliphatic hydroxyl groups is 1. The summed E-state index contributed by atoms with van der Waals surface area (Å²) in [7, 11) is 0. The first-order valence-corrected chi connectivity index (χ1v) is 7.86. The van der Waals surface area contributed by atoms with Crippen molar-refractivity contribution in [1.82, 2.24) is 14.7 Å². The number of rotatable bonds is 3. The number of halogens is 2. The van der Waals surface area contributed by atoms with Gasteiger partial charge < -0.3 is 10.0 Å². The second-order valence-electron chi connectivity index (χ2n) is 6.22. The number of hydrogen-bond acceptors (Lipinski definition) is 3. The van der Waals surface area contributed by atoms with E-state index in [2.05, 4.69) is 5.10 Å². The van der Waals surface area contributed by atoms with Crippen LogP contribution in [-0.2, 0) is 0 Å². The number of aryl methyl sites for hydroxylation is 1.